The van der Waals surface area contributed by atoms with Crippen LogP contribution < -0.4 is 0 Å². The number of imide groups is 1. The van der Waals surface area contributed by atoms with E-state index in [2.05, 4.69) is 63.7 Å². The van der Waals surface area contributed by atoms with Crippen LogP contribution in [-0.4, -0.2) is 39.6 Å². The fourth-order valence-corrected chi connectivity index (χ4v) is 6.60. The van der Waals surface area contributed by atoms with Gasteiger partial charge >= 0.3 is 0 Å². The van der Waals surface area contributed by atoms with Gasteiger partial charge in [-0.25, -0.2) is 5.01 Å². The summed E-state index contributed by atoms with van der Waals surface area (Å²) in [6, 6.07) is 13.5. The molecule has 3 amide bonds. The lowest BCUT2D eigenvalue weighted by Gasteiger charge is -2.35. The maximum Gasteiger partial charge on any atom is 0.282 e. The van der Waals surface area contributed by atoms with Crippen LogP contribution in [0.15, 0.2) is 72.5 Å². The van der Waals surface area contributed by atoms with Crippen LogP contribution in [0.25, 0.3) is 0 Å². The van der Waals surface area contributed by atoms with E-state index in [0.717, 1.165) is 10.0 Å². The predicted octanol–water partition coefficient (Wildman–Crippen LogP) is 7.70. The summed E-state index contributed by atoms with van der Waals surface area (Å²) in [7, 11) is 0. The average molecular weight is 762 g/mol. The second kappa shape index (κ2) is 10.9. The molecule has 0 saturated carbocycles. The molecule has 3 aromatic rings. The predicted molar refractivity (Wildman–Crippen MR) is 150 cm³/mol. The number of halogens is 5. The summed E-state index contributed by atoms with van der Waals surface area (Å²) >= 11 is 19.9. The van der Waals surface area contributed by atoms with Gasteiger partial charge in [-0.15, -0.1) is 0 Å². The summed E-state index contributed by atoms with van der Waals surface area (Å²) in [5, 5.41) is 1.79. The van der Waals surface area contributed by atoms with E-state index in [1.54, 1.807) is 49.4 Å². The molecule has 0 spiro atoms. The number of rotatable bonds is 6. The lowest BCUT2D eigenvalue weighted by Crippen LogP contribution is -2.57. The number of carbonyl (C=O) groups excluding carboxylic acids is 4. The Bertz CT molecular complexity index is 1380. The second-order valence-corrected chi connectivity index (χ2v) is 11.3. The Balaban J connectivity index is 1.93. The molecule has 6 nitrogen and oxygen atoms in total. The van der Waals surface area contributed by atoms with Gasteiger partial charge in [0.2, 0.25) is 0 Å². The molecule has 184 valence electrons. The first-order valence-corrected chi connectivity index (χ1v) is 14.1. The highest BCUT2D eigenvalue weighted by Crippen LogP contribution is 2.46. The van der Waals surface area contributed by atoms with E-state index in [4.69, 9.17) is 11.6 Å². The Kier molecular flexibility index (Phi) is 8.21. The summed E-state index contributed by atoms with van der Waals surface area (Å²) in [4.78, 5) is 55.1. The SMILES string of the molecule is CC[C@H](C(=O)c1ccccc1)N(C(=O)c1ccccc1Cl)N1C(=O)c2c(Br)c(Br)c(Br)c(Br)c2C1=O. The summed E-state index contributed by atoms with van der Waals surface area (Å²) in [5.41, 5.74) is 0.503. The number of Topliss-reactive ketones (excluding diaryl/α,β-unsaturated/α-hetero) is 1. The third-order valence-corrected chi connectivity index (χ3v) is 10.7. The van der Waals surface area contributed by atoms with Gasteiger partial charge in [-0.1, -0.05) is 61.0 Å². The molecule has 0 saturated heterocycles. The molecule has 3 aromatic carbocycles. The monoisotopic (exact) mass is 758 g/mol. The van der Waals surface area contributed by atoms with Crippen molar-refractivity contribution in [2.75, 3.05) is 0 Å². The summed E-state index contributed by atoms with van der Waals surface area (Å²) in [6.07, 6.45) is 0.132. The van der Waals surface area contributed by atoms with Crippen LogP contribution in [0.2, 0.25) is 5.02 Å². The van der Waals surface area contributed by atoms with Crippen molar-refractivity contribution in [3.8, 4) is 0 Å². The summed E-state index contributed by atoms with van der Waals surface area (Å²) < 4.78 is 1.68. The van der Waals surface area contributed by atoms with Gasteiger partial charge in [-0.05, 0) is 82.3 Å². The van der Waals surface area contributed by atoms with Gasteiger partial charge < -0.3 is 0 Å². The number of hydrazine groups is 1. The fraction of sp³-hybridized carbons (Fsp3) is 0.120. The van der Waals surface area contributed by atoms with E-state index in [-0.39, 0.29) is 28.1 Å². The molecule has 0 aromatic heterocycles. The summed E-state index contributed by atoms with van der Waals surface area (Å²) in [5.74, 6) is -2.68. The molecule has 0 bridgehead atoms. The van der Waals surface area contributed by atoms with Crippen molar-refractivity contribution < 1.29 is 19.2 Å². The Morgan fingerprint density at radius 1 is 0.833 bits per heavy atom. The smallest absolute Gasteiger partial charge is 0.282 e. The van der Waals surface area contributed by atoms with E-state index >= 15 is 0 Å². The molecule has 1 atom stereocenters. The number of hydrogen-bond acceptors (Lipinski definition) is 4. The van der Waals surface area contributed by atoms with Crippen LogP contribution in [-0.2, 0) is 0 Å². The molecular weight excluding hydrogens is 747 g/mol. The lowest BCUT2D eigenvalue weighted by molar-refractivity contribution is -0.00975. The van der Waals surface area contributed by atoms with E-state index in [1.165, 1.54) is 12.1 Å². The van der Waals surface area contributed by atoms with Gasteiger partial charge in [-0.2, -0.15) is 5.01 Å². The van der Waals surface area contributed by atoms with Crippen LogP contribution in [0.3, 0.4) is 0 Å². The van der Waals surface area contributed by atoms with Gasteiger partial charge in [0.25, 0.3) is 17.7 Å². The van der Waals surface area contributed by atoms with Crippen molar-refractivity contribution in [3.63, 3.8) is 0 Å². The highest BCUT2D eigenvalue weighted by Gasteiger charge is 2.48. The van der Waals surface area contributed by atoms with Gasteiger partial charge in [0.15, 0.2) is 5.78 Å². The number of nitrogens with zero attached hydrogens (tertiary/aromatic N) is 2. The Morgan fingerprint density at radius 2 is 1.33 bits per heavy atom. The number of carbonyl (C=O) groups is 4. The van der Waals surface area contributed by atoms with Crippen LogP contribution in [0, 0.1) is 0 Å². The van der Waals surface area contributed by atoms with E-state index < -0.39 is 29.5 Å². The molecule has 36 heavy (non-hydrogen) atoms. The van der Waals surface area contributed by atoms with Crippen molar-refractivity contribution in [1.82, 2.24) is 10.0 Å². The van der Waals surface area contributed by atoms with Gasteiger partial charge in [-0.3, -0.25) is 19.2 Å². The number of amides is 3. The molecule has 0 radical (unpaired) electrons. The lowest BCUT2D eigenvalue weighted by atomic mass is 10.0. The molecule has 1 aliphatic rings. The molecule has 0 N–H and O–H groups in total. The minimum absolute atomic E-state index is 0.0514. The van der Waals surface area contributed by atoms with Crippen molar-refractivity contribution in [2.24, 2.45) is 0 Å². The first-order chi connectivity index (χ1) is 17.1. The van der Waals surface area contributed by atoms with E-state index in [0.29, 0.717) is 23.5 Å². The zero-order valence-corrected chi connectivity index (χ0v) is 25.5. The highest BCUT2D eigenvalue weighted by atomic mass is 79.9. The zero-order valence-electron chi connectivity index (χ0n) is 18.4. The molecule has 0 fully saturated rings. The first kappa shape index (κ1) is 27.2. The van der Waals surface area contributed by atoms with E-state index in [9.17, 15) is 19.2 Å². The molecule has 4 rings (SSSR count). The van der Waals surface area contributed by atoms with Crippen molar-refractivity contribution >= 4 is 98.8 Å². The molecule has 1 heterocycles. The van der Waals surface area contributed by atoms with Gasteiger partial charge in [0.1, 0.15) is 6.04 Å². The van der Waals surface area contributed by atoms with Crippen molar-refractivity contribution in [2.45, 2.75) is 19.4 Å². The molecule has 1 aliphatic heterocycles. The fourth-order valence-electron chi connectivity index (χ4n) is 3.93. The minimum atomic E-state index is -1.16. The maximum atomic E-state index is 13.9. The highest BCUT2D eigenvalue weighted by molar-refractivity contribution is 9.15. The number of fused-ring (bicyclic) bond motifs is 1. The Morgan fingerprint density at radius 3 is 1.83 bits per heavy atom. The number of benzene rings is 3. The third-order valence-electron chi connectivity index (χ3n) is 5.65. The van der Waals surface area contributed by atoms with Gasteiger partial charge in [0, 0.05) is 23.5 Å². The standard InChI is InChI=1S/C25H15Br4ClN2O4/c1-2-15(22(33)12-8-4-3-5-9-12)31(23(34)13-10-6-7-11-14(13)30)32-24(35)16-17(25(32)36)19(27)21(29)20(28)18(16)26/h3-11,15H,2H2,1H3/t15-/m1/s1. The number of ketones is 1. The zero-order chi connectivity index (χ0) is 26.3. The summed E-state index contributed by atoms with van der Waals surface area (Å²) in [6.45, 7) is 1.70. The molecular formula is C25H15Br4ClN2O4. The van der Waals surface area contributed by atoms with E-state index in [1.807, 2.05) is 0 Å². The van der Waals surface area contributed by atoms with Crippen LogP contribution >= 0.6 is 75.3 Å². The first-order valence-electron chi connectivity index (χ1n) is 10.5. The molecule has 11 heteroatoms. The number of hydrogen-bond donors (Lipinski definition) is 0. The second-order valence-electron chi connectivity index (χ2n) is 7.71. The Labute approximate surface area is 245 Å². The minimum Gasteiger partial charge on any atom is -0.292 e. The van der Waals surface area contributed by atoms with Crippen molar-refractivity contribution in [3.05, 3.63) is 99.8 Å². The van der Waals surface area contributed by atoms with Gasteiger partial charge in [0.05, 0.1) is 21.7 Å². The quantitative estimate of drug-likeness (QED) is 0.112. The normalized spacial score (nSPS) is 13.6. The molecule has 0 aliphatic carbocycles. The van der Waals surface area contributed by atoms with Crippen LogP contribution in [0.5, 0.6) is 0 Å². The third kappa shape index (κ3) is 4.51. The van der Waals surface area contributed by atoms with Crippen LogP contribution in [0.1, 0.15) is 54.8 Å². The maximum absolute atomic E-state index is 13.9. The van der Waals surface area contributed by atoms with Crippen LogP contribution in [0.4, 0.5) is 0 Å². The van der Waals surface area contributed by atoms with Crippen molar-refractivity contribution in [1.29, 1.82) is 0 Å². The Hall–Kier alpha value is -1.85. The average Bonchev–Trinajstić information content (AvgIpc) is 3.14. The largest absolute Gasteiger partial charge is 0.292 e. The molecule has 0 unspecified atom stereocenters. The topological polar surface area (TPSA) is 74.8 Å².